The zero-order chi connectivity index (χ0) is 21.0. The van der Waals surface area contributed by atoms with Gasteiger partial charge in [0.1, 0.15) is 5.60 Å². The highest BCUT2D eigenvalue weighted by molar-refractivity contribution is 5.93. The fourth-order valence-electron chi connectivity index (χ4n) is 5.13. The van der Waals surface area contributed by atoms with Crippen LogP contribution in [0.4, 0.5) is 0 Å². The Morgan fingerprint density at radius 3 is 2.97 bits per heavy atom. The van der Waals surface area contributed by atoms with Gasteiger partial charge in [0.05, 0.1) is 36.7 Å². The van der Waals surface area contributed by atoms with E-state index >= 15 is 0 Å². The minimum atomic E-state index is -0.686. The largest absolute Gasteiger partial charge is 0.360 e. The van der Waals surface area contributed by atoms with E-state index in [1.165, 1.54) is 5.56 Å². The molecule has 2 aromatic rings. The molecule has 1 N–H and O–H groups in total. The number of aromatic nitrogens is 2. The Kier molecular flexibility index (Phi) is 4.32. The van der Waals surface area contributed by atoms with Gasteiger partial charge in [-0.15, -0.1) is 0 Å². The number of hydrogen-bond acceptors (Lipinski definition) is 4. The highest BCUT2D eigenvalue weighted by Gasteiger charge is 2.67. The molecule has 1 aromatic heterocycles. The second-order valence-electron chi connectivity index (χ2n) is 8.80. The average molecular weight is 406 g/mol. The number of likely N-dealkylation sites (tertiary alicyclic amines) is 1. The summed E-state index contributed by atoms with van der Waals surface area (Å²) in [6, 6.07) is 8.14. The molecule has 7 nitrogen and oxygen atoms in total. The lowest BCUT2D eigenvalue weighted by molar-refractivity contribution is -0.142. The van der Waals surface area contributed by atoms with Gasteiger partial charge in [-0.2, -0.15) is 5.10 Å². The van der Waals surface area contributed by atoms with Crippen LogP contribution in [0.3, 0.4) is 0 Å². The molecule has 2 fully saturated rings. The summed E-state index contributed by atoms with van der Waals surface area (Å²) in [5, 5.41) is 6.82. The number of amides is 2. The van der Waals surface area contributed by atoms with Crippen LogP contribution >= 0.6 is 0 Å². The molecular weight excluding hydrogens is 380 g/mol. The van der Waals surface area contributed by atoms with Crippen LogP contribution in [0.2, 0.25) is 0 Å². The molecular formula is C23H26N4O3. The fourth-order valence-corrected chi connectivity index (χ4v) is 5.13. The summed E-state index contributed by atoms with van der Waals surface area (Å²) in [5.41, 5.74) is 3.64. The van der Waals surface area contributed by atoms with Crippen molar-refractivity contribution in [3.05, 3.63) is 65.0 Å². The van der Waals surface area contributed by atoms with Crippen molar-refractivity contribution in [1.82, 2.24) is 20.0 Å². The number of carbonyl (C=O) groups is 2. The van der Waals surface area contributed by atoms with Crippen LogP contribution in [0.1, 0.15) is 22.4 Å². The monoisotopic (exact) mass is 406 g/mol. The van der Waals surface area contributed by atoms with Crippen LogP contribution in [0.25, 0.3) is 0 Å². The molecule has 0 saturated carbocycles. The minimum Gasteiger partial charge on any atom is -0.360 e. The van der Waals surface area contributed by atoms with Crippen molar-refractivity contribution >= 4 is 11.8 Å². The van der Waals surface area contributed by atoms with Crippen molar-refractivity contribution in [1.29, 1.82) is 0 Å². The molecule has 5 rings (SSSR count). The highest BCUT2D eigenvalue weighted by Crippen LogP contribution is 2.52. The molecule has 156 valence electrons. The van der Waals surface area contributed by atoms with Gasteiger partial charge in [-0.3, -0.25) is 14.7 Å². The SMILES string of the molecule is Cc1ccc(C)c(CN2C[C@]34C=C[C@H](O3)[C@H](C(=O)N(C)Cc3ccn[nH]3)[C@@H]4C2=O)c1. The molecule has 7 heteroatoms. The predicted octanol–water partition coefficient (Wildman–Crippen LogP) is 1.97. The van der Waals surface area contributed by atoms with Crippen LogP contribution in [0, 0.1) is 25.7 Å². The van der Waals surface area contributed by atoms with Gasteiger partial charge < -0.3 is 14.5 Å². The first kappa shape index (κ1) is 19.1. The Balaban J connectivity index is 1.38. The van der Waals surface area contributed by atoms with Gasteiger partial charge in [-0.05, 0) is 31.0 Å². The number of H-pyrrole nitrogens is 1. The maximum Gasteiger partial charge on any atom is 0.230 e. The summed E-state index contributed by atoms with van der Waals surface area (Å²) < 4.78 is 6.25. The molecule has 2 bridgehead atoms. The summed E-state index contributed by atoms with van der Waals surface area (Å²) in [5.74, 6) is -1.00. The van der Waals surface area contributed by atoms with E-state index in [0.717, 1.165) is 16.8 Å². The summed E-state index contributed by atoms with van der Waals surface area (Å²) in [6.07, 6.45) is 5.29. The standard InChI is InChI=1S/C23H26N4O3/c1-14-4-5-15(2)16(10-14)11-27-13-23-8-6-18(30-23)19(20(23)22(27)29)21(28)26(3)12-17-7-9-24-25-17/h4-10,18-20H,11-13H2,1-3H3,(H,24,25)/t18-,19-,20+,23-/m0/s1. The van der Waals surface area contributed by atoms with Crippen molar-refractivity contribution in [3.63, 3.8) is 0 Å². The molecule has 30 heavy (non-hydrogen) atoms. The third kappa shape index (κ3) is 2.88. The second kappa shape index (κ2) is 6.80. The Bertz CT molecular complexity index is 1030. The summed E-state index contributed by atoms with van der Waals surface area (Å²) in [7, 11) is 1.76. The molecule has 0 unspecified atom stereocenters. The lowest BCUT2D eigenvalue weighted by Gasteiger charge is -2.27. The van der Waals surface area contributed by atoms with Crippen LogP contribution in [0.5, 0.6) is 0 Å². The molecule has 0 aliphatic carbocycles. The molecule has 4 heterocycles. The number of rotatable bonds is 5. The van der Waals surface area contributed by atoms with Crippen LogP contribution in [0.15, 0.2) is 42.6 Å². The summed E-state index contributed by atoms with van der Waals surface area (Å²) in [6.45, 7) is 5.57. The number of nitrogens with one attached hydrogen (secondary N) is 1. The van der Waals surface area contributed by atoms with Gasteiger partial charge >= 0.3 is 0 Å². The highest BCUT2D eigenvalue weighted by atomic mass is 16.5. The first-order valence-electron chi connectivity index (χ1n) is 10.3. The Morgan fingerprint density at radius 1 is 1.37 bits per heavy atom. The molecule has 3 aliphatic heterocycles. The normalized spacial score (nSPS) is 29.0. The Hall–Kier alpha value is -2.93. The van der Waals surface area contributed by atoms with E-state index in [2.05, 4.69) is 42.2 Å². The van der Waals surface area contributed by atoms with Crippen molar-refractivity contribution in [3.8, 4) is 0 Å². The van der Waals surface area contributed by atoms with Crippen LogP contribution in [-0.2, 0) is 27.4 Å². The molecule has 1 spiro atoms. The van der Waals surface area contributed by atoms with E-state index in [1.54, 1.807) is 18.1 Å². The van der Waals surface area contributed by atoms with Gasteiger partial charge in [0, 0.05) is 19.8 Å². The van der Waals surface area contributed by atoms with Gasteiger partial charge in [0.2, 0.25) is 11.8 Å². The second-order valence-corrected chi connectivity index (χ2v) is 8.80. The number of benzene rings is 1. The predicted molar refractivity (Wildman–Crippen MR) is 110 cm³/mol. The van der Waals surface area contributed by atoms with Crippen LogP contribution < -0.4 is 0 Å². The topological polar surface area (TPSA) is 78.5 Å². The zero-order valence-corrected chi connectivity index (χ0v) is 17.5. The number of ether oxygens (including phenoxy) is 1. The van der Waals surface area contributed by atoms with Gasteiger partial charge in [-0.25, -0.2) is 0 Å². The minimum absolute atomic E-state index is 0.0102. The number of aryl methyl sites for hydroxylation is 2. The Labute approximate surface area is 175 Å². The maximum absolute atomic E-state index is 13.5. The number of nitrogens with zero attached hydrogens (tertiary/aromatic N) is 3. The lowest BCUT2D eigenvalue weighted by Crippen LogP contribution is -2.44. The van der Waals surface area contributed by atoms with Gasteiger partial charge in [0.25, 0.3) is 0 Å². The number of carbonyl (C=O) groups excluding carboxylic acids is 2. The molecule has 0 radical (unpaired) electrons. The molecule has 2 saturated heterocycles. The number of aromatic amines is 1. The third-order valence-electron chi connectivity index (χ3n) is 6.67. The van der Waals surface area contributed by atoms with E-state index in [0.29, 0.717) is 19.6 Å². The lowest BCUT2D eigenvalue weighted by atomic mass is 9.76. The fraction of sp³-hybridized carbons (Fsp3) is 0.435. The van der Waals surface area contributed by atoms with E-state index in [9.17, 15) is 9.59 Å². The smallest absolute Gasteiger partial charge is 0.230 e. The van der Waals surface area contributed by atoms with Crippen molar-refractivity contribution in [2.75, 3.05) is 13.6 Å². The van der Waals surface area contributed by atoms with Gasteiger partial charge in [0.15, 0.2) is 0 Å². The van der Waals surface area contributed by atoms with Crippen molar-refractivity contribution in [2.45, 2.75) is 38.6 Å². The van der Waals surface area contributed by atoms with E-state index < -0.39 is 17.4 Å². The maximum atomic E-state index is 13.5. The third-order valence-corrected chi connectivity index (χ3v) is 6.67. The van der Waals surface area contributed by atoms with Gasteiger partial charge in [-0.1, -0.05) is 35.9 Å². The molecule has 2 amide bonds. The van der Waals surface area contributed by atoms with Crippen molar-refractivity contribution < 1.29 is 14.3 Å². The van der Waals surface area contributed by atoms with Crippen LogP contribution in [-0.4, -0.2) is 57.1 Å². The number of fused-ring (bicyclic) bond motifs is 1. The van der Waals surface area contributed by atoms with E-state index in [4.69, 9.17) is 4.74 Å². The molecule has 1 aromatic carbocycles. The van der Waals surface area contributed by atoms with E-state index in [-0.39, 0.29) is 17.9 Å². The summed E-state index contributed by atoms with van der Waals surface area (Å²) >= 11 is 0. The molecule has 3 aliphatic rings. The van der Waals surface area contributed by atoms with Crippen molar-refractivity contribution in [2.24, 2.45) is 11.8 Å². The zero-order valence-electron chi connectivity index (χ0n) is 17.5. The van der Waals surface area contributed by atoms with E-state index in [1.807, 2.05) is 23.1 Å². The molecule has 4 atom stereocenters. The number of hydrogen-bond donors (Lipinski definition) is 1. The Morgan fingerprint density at radius 2 is 2.20 bits per heavy atom. The summed E-state index contributed by atoms with van der Waals surface area (Å²) in [4.78, 5) is 30.3. The first-order valence-corrected chi connectivity index (χ1v) is 10.3. The first-order chi connectivity index (χ1) is 14.4. The average Bonchev–Trinajstić information content (AvgIpc) is 3.47. The quantitative estimate of drug-likeness (QED) is 0.770.